The first-order valence-corrected chi connectivity index (χ1v) is 12.0. The first-order valence-electron chi connectivity index (χ1n) is 11.2. The highest BCUT2D eigenvalue weighted by Crippen LogP contribution is 2.30. The third-order valence-electron chi connectivity index (χ3n) is 5.56. The quantitative estimate of drug-likeness (QED) is 0.163. The summed E-state index contributed by atoms with van der Waals surface area (Å²) in [6.45, 7) is 0.154. The van der Waals surface area contributed by atoms with Gasteiger partial charge in [-0.3, -0.25) is 14.9 Å². The molecule has 2 N–H and O–H groups in total. The van der Waals surface area contributed by atoms with Crippen molar-refractivity contribution in [3.8, 4) is 5.75 Å². The monoisotopic (exact) mass is 559 g/mol. The fourth-order valence-electron chi connectivity index (χ4n) is 3.67. The van der Waals surface area contributed by atoms with Gasteiger partial charge in [0.1, 0.15) is 12.4 Å². The summed E-state index contributed by atoms with van der Waals surface area (Å²) in [5.41, 5.74) is 2.68. The molecule has 9 heteroatoms. The number of carbonyl (C=O) groups is 1. The van der Waals surface area contributed by atoms with Gasteiger partial charge in [-0.05, 0) is 56.4 Å². The number of non-ortho nitro benzene ring substituents is 1. The van der Waals surface area contributed by atoms with Gasteiger partial charge in [-0.15, -0.1) is 0 Å². The van der Waals surface area contributed by atoms with E-state index in [0.29, 0.717) is 32.5 Å². The zero-order valence-electron chi connectivity index (χ0n) is 19.5. The van der Waals surface area contributed by atoms with Crippen LogP contribution in [0.2, 0.25) is 0 Å². The molecule has 0 unspecified atom stereocenters. The van der Waals surface area contributed by atoms with Crippen LogP contribution in [0.4, 0.5) is 5.69 Å². The second-order valence-corrected chi connectivity index (χ2v) is 8.90. The van der Waals surface area contributed by atoms with Crippen molar-refractivity contribution in [2.24, 2.45) is 5.10 Å². The van der Waals surface area contributed by atoms with Gasteiger partial charge >= 0.3 is 0 Å². The fraction of sp³-hybridized carbons (Fsp3) is 0.0714. The zero-order chi connectivity index (χ0) is 26.3. The van der Waals surface area contributed by atoms with E-state index in [1.165, 1.54) is 18.3 Å². The highest BCUT2D eigenvalue weighted by molar-refractivity contribution is 9.10. The van der Waals surface area contributed by atoms with Crippen molar-refractivity contribution in [3.05, 3.63) is 140 Å². The number of carbonyl (C=O) groups excluding carboxylic acids is 1. The molecule has 0 aliphatic rings. The molecule has 0 fully saturated rings. The molecule has 37 heavy (non-hydrogen) atoms. The van der Waals surface area contributed by atoms with Crippen molar-refractivity contribution in [1.29, 1.82) is 0 Å². The summed E-state index contributed by atoms with van der Waals surface area (Å²) < 4.78 is 6.42. The lowest BCUT2D eigenvalue weighted by Crippen LogP contribution is -2.43. The molecular formula is C28H22BrN3O5. The number of nitrogens with one attached hydrogen (secondary N) is 1. The summed E-state index contributed by atoms with van der Waals surface area (Å²) in [7, 11) is 0. The lowest BCUT2D eigenvalue weighted by Gasteiger charge is -2.27. The number of nitro groups is 1. The number of amides is 1. The van der Waals surface area contributed by atoms with Crippen LogP contribution in [0.3, 0.4) is 0 Å². The molecule has 0 bridgehead atoms. The molecule has 0 aromatic heterocycles. The van der Waals surface area contributed by atoms with E-state index in [-0.39, 0.29) is 12.3 Å². The average molecular weight is 560 g/mol. The molecule has 186 valence electrons. The van der Waals surface area contributed by atoms with E-state index in [1.807, 2.05) is 0 Å². The van der Waals surface area contributed by atoms with E-state index in [2.05, 4.69) is 26.5 Å². The zero-order valence-corrected chi connectivity index (χ0v) is 21.0. The molecule has 4 aromatic rings. The van der Waals surface area contributed by atoms with Crippen LogP contribution in [0.15, 0.2) is 113 Å². The third kappa shape index (κ3) is 6.08. The van der Waals surface area contributed by atoms with Crippen LogP contribution in [0.1, 0.15) is 22.3 Å². The van der Waals surface area contributed by atoms with Gasteiger partial charge in [0.2, 0.25) is 0 Å². The van der Waals surface area contributed by atoms with Gasteiger partial charge in [0.15, 0.2) is 5.60 Å². The number of hydrogen-bond donors (Lipinski definition) is 2. The number of halogens is 1. The Kier molecular flexibility index (Phi) is 8.07. The van der Waals surface area contributed by atoms with E-state index >= 15 is 0 Å². The van der Waals surface area contributed by atoms with Gasteiger partial charge in [-0.25, -0.2) is 5.43 Å². The van der Waals surface area contributed by atoms with Crippen LogP contribution < -0.4 is 10.2 Å². The highest BCUT2D eigenvalue weighted by Gasteiger charge is 2.39. The van der Waals surface area contributed by atoms with Crippen LogP contribution in [0, 0.1) is 10.1 Å². The second kappa shape index (κ2) is 11.6. The Hall–Kier alpha value is -4.34. The molecule has 0 aliphatic heterocycles. The molecule has 0 aliphatic carbocycles. The normalized spacial score (nSPS) is 11.3. The van der Waals surface area contributed by atoms with Crippen molar-refractivity contribution < 1.29 is 19.6 Å². The first-order chi connectivity index (χ1) is 17.9. The van der Waals surface area contributed by atoms with Crippen LogP contribution in [-0.2, 0) is 17.0 Å². The lowest BCUT2D eigenvalue weighted by molar-refractivity contribution is -0.384. The van der Waals surface area contributed by atoms with Gasteiger partial charge < -0.3 is 9.84 Å². The molecule has 0 saturated carbocycles. The minimum atomic E-state index is -1.93. The third-order valence-corrected chi connectivity index (χ3v) is 6.18. The summed E-state index contributed by atoms with van der Waals surface area (Å²) in [6, 6.07) is 28.8. The van der Waals surface area contributed by atoms with Crippen molar-refractivity contribution in [2.75, 3.05) is 0 Å². The topological polar surface area (TPSA) is 114 Å². The Bertz CT molecular complexity index is 1390. The van der Waals surface area contributed by atoms with Crippen LogP contribution >= 0.6 is 15.9 Å². The maximum absolute atomic E-state index is 13.1. The fourth-order valence-corrected chi connectivity index (χ4v) is 4.18. The van der Waals surface area contributed by atoms with Gasteiger partial charge in [-0.1, -0.05) is 72.8 Å². The minimum Gasteiger partial charge on any atom is -0.488 e. The molecule has 0 spiro atoms. The van der Waals surface area contributed by atoms with E-state index in [0.717, 1.165) is 0 Å². The van der Waals surface area contributed by atoms with Gasteiger partial charge in [0.05, 0.1) is 15.6 Å². The number of ether oxygens (including phenoxy) is 1. The molecule has 0 saturated heterocycles. The lowest BCUT2D eigenvalue weighted by atomic mass is 9.85. The van der Waals surface area contributed by atoms with Crippen molar-refractivity contribution in [3.63, 3.8) is 0 Å². The van der Waals surface area contributed by atoms with Gasteiger partial charge in [0, 0.05) is 12.1 Å². The molecule has 0 atom stereocenters. The summed E-state index contributed by atoms with van der Waals surface area (Å²) in [4.78, 5) is 23.6. The Balaban J connectivity index is 1.44. The number of nitro benzene ring substituents is 1. The van der Waals surface area contributed by atoms with E-state index in [4.69, 9.17) is 4.74 Å². The van der Waals surface area contributed by atoms with Crippen LogP contribution in [-0.4, -0.2) is 22.2 Å². The Morgan fingerprint density at radius 3 is 2.22 bits per heavy atom. The largest absolute Gasteiger partial charge is 0.488 e. The predicted octanol–water partition coefficient (Wildman–Crippen LogP) is 5.32. The maximum Gasteiger partial charge on any atom is 0.281 e. The molecule has 1 amide bonds. The number of rotatable bonds is 9. The Morgan fingerprint density at radius 2 is 1.62 bits per heavy atom. The van der Waals surface area contributed by atoms with Crippen molar-refractivity contribution in [1.82, 2.24) is 5.43 Å². The number of aliphatic hydroxyl groups is 1. The van der Waals surface area contributed by atoms with Crippen molar-refractivity contribution >= 4 is 33.7 Å². The standard InChI is InChI=1S/C28H22BrN3O5/c29-25-17-20(14-15-26(25)37-19-21-8-7-13-24(16-21)32(35)36)18-30-31-27(33)28(34,22-9-3-1-4-10-22)23-11-5-2-6-12-23/h1-18,34H,19H2,(H,31,33)/b30-18-. The predicted molar refractivity (Wildman–Crippen MR) is 143 cm³/mol. The number of benzene rings is 4. The van der Waals surface area contributed by atoms with E-state index in [1.54, 1.807) is 91.0 Å². The smallest absolute Gasteiger partial charge is 0.281 e. The van der Waals surface area contributed by atoms with E-state index in [9.17, 15) is 20.0 Å². The number of hydrazone groups is 1. The second-order valence-electron chi connectivity index (χ2n) is 8.05. The minimum absolute atomic E-state index is 0.000184. The molecule has 0 radical (unpaired) electrons. The van der Waals surface area contributed by atoms with Gasteiger partial charge in [-0.2, -0.15) is 5.10 Å². The van der Waals surface area contributed by atoms with Gasteiger partial charge in [0.25, 0.3) is 11.6 Å². The molecular weight excluding hydrogens is 538 g/mol. The summed E-state index contributed by atoms with van der Waals surface area (Å²) in [5.74, 6) is -0.160. The SMILES string of the molecule is O=C(N/N=C\c1ccc(OCc2cccc([N+](=O)[O-])c2)c(Br)c1)C(O)(c1ccccc1)c1ccccc1. The van der Waals surface area contributed by atoms with Crippen LogP contribution in [0.25, 0.3) is 0 Å². The number of hydrogen-bond acceptors (Lipinski definition) is 6. The number of nitrogens with zero attached hydrogens (tertiary/aromatic N) is 2. The van der Waals surface area contributed by atoms with Crippen molar-refractivity contribution in [2.45, 2.75) is 12.2 Å². The Morgan fingerprint density at radius 1 is 0.973 bits per heavy atom. The molecule has 4 aromatic carbocycles. The highest BCUT2D eigenvalue weighted by atomic mass is 79.9. The maximum atomic E-state index is 13.1. The average Bonchev–Trinajstić information content (AvgIpc) is 2.93. The van der Waals surface area contributed by atoms with E-state index < -0.39 is 16.4 Å². The molecule has 4 rings (SSSR count). The molecule has 8 nitrogen and oxygen atoms in total. The summed E-state index contributed by atoms with van der Waals surface area (Å²) in [5, 5.41) is 26.4. The molecule has 0 heterocycles. The summed E-state index contributed by atoms with van der Waals surface area (Å²) >= 11 is 3.45. The summed E-state index contributed by atoms with van der Waals surface area (Å²) in [6.07, 6.45) is 1.45. The van der Waals surface area contributed by atoms with Crippen LogP contribution in [0.5, 0.6) is 5.75 Å². The Labute approximate surface area is 221 Å². The first kappa shape index (κ1) is 25.7.